The molecule has 222 valence electrons. The maximum atomic E-state index is 14.2. The summed E-state index contributed by atoms with van der Waals surface area (Å²) >= 11 is 1.26. The van der Waals surface area contributed by atoms with Gasteiger partial charge in [0.05, 0.1) is 42.7 Å². The fourth-order valence-electron chi connectivity index (χ4n) is 5.61. The average molecular weight is 600 g/mol. The van der Waals surface area contributed by atoms with Crippen LogP contribution < -0.4 is 29.3 Å². The number of nitrogens with zero attached hydrogens (tertiary/aromatic N) is 3. The number of benzene rings is 2. The van der Waals surface area contributed by atoms with E-state index in [-0.39, 0.29) is 17.7 Å². The van der Waals surface area contributed by atoms with E-state index in [0.29, 0.717) is 37.9 Å². The van der Waals surface area contributed by atoms with Crippen molar-refractivity contribution in [1.82, 2.24) is 4.57 Å². The lowest BCUT2D eigenvalue weighted by Crippen LogP contribution is -2.40. The minimum Gasteiger partial charge on any atom is -0.493 e. The molecule has 0 N–H and O–H groups in total. The Bertz CT molecular complexity index is 1850. The molecular weight excluding hydrogens is 566 g/mol. The van der Waals surface area contributed by atoms with E-state index < -0.39 is 12.0 Å². The largest absolute Gasteiger partial charge is 0.493 e. The number of methoxy groups -OCH3 is 2. The van der Waals surface area contributed by atoms with E-state index in [0.717, 1.165) is 37.4 Å². The Kier molecular flexibility index (Phi) is 8.20. The molecule has 0 aliphatic carbocycles. The molecule has 2 aliphatic heterocycles. The van der Waals surface area contributed by atoms with Crippen LogP contribution in [0.1, 0.15) is 49.1 Å². The first kappa shape index (κ1) is 28.5. The minimum atomic E-state index is -0.826. The topological polar surface area (TPSA) is 95.5 Å². The summed E-state index contributed by atoms with van der Waals surface area (Å²) < 4.78 is 24.8. The first-order valence-electron chi connectivity index (χ1n) is 14.4. The van der Waals surface area contributed by atoms with E-state index in [4.69, 9.17) is 23.6 Å². The number of esters is 1. The van der Waals surface area contributed by atoms with Gasteiger partial charge < -0.3 is 23.5 Å². The number of rotatable bonds is 8. The Hall–Kier alpha value is -4.57. The maximum absolute atomic E-state index is 14.2. The number of hydrogen-bond acceptors (Lipinski definition) is 9. The van der Waals surface area contributed by atoms with Gasteiger partial charge in [-0.2, -0.15) is 0 Å². The van der Waals surface area contributed by atoms with Gasteiger partial charge in [0.2, 0.25) is 0 Å². The van der Waals surface area contributed by atoms with Crippen molar-refractivity contribution in [2.45, 2.75) is 32.2 Å². The molecule has 1 saturated heterocycles. The lowest BCUT2D eigenvalue weighted by Gasteiger charge is -2.26. The Morgan fingerprint density at radius 3 is 2.51 bits per heavy atom. The lowest BCUT2D eigenvalue weighted by molar-refractivity contribution is -0.138. The maximum Gasteiger partial charge on any atom is 0.338 e. The molecule has 0 amide bonds. The van der Waals surface area contributed by atoms with Crippen molar-refractivity contribution >= 4 is 35.0 Å². The van der Waals surface area contributed by atoms with E-state index in [1.807, 2.05) is 48.5 Å². The summed E-state index contributed by atoms with van der Waals surface area (Å²) in [5, 5.41) is 0. The van der Waals surface area contributed by atoms with Crippen molar-refractivity contribution in [1.29, 1.82) is 0 Å². The van der Waals surface area contributed by atoms with Crippen LogP contribution in [0.4, 0.5) is 5.88 Å². The molecule has 10 heteroatoms. The number of carbonyl (C=O) groups excluding carboxylic acids is 1. The third kappa shape index (κ3) is 5.50. The van der Waals surface area contributed by atoms with Crippen molar-refractivity contribution < 1.29 is 23.4 Å². The molecule has 6 rings (SSSR count). The van der Waals surface area contributed by atoms with Crippen molar-refractivity contribution in [3.8, 4) is 11.5 Å². The molecule has 9 nitrogen and oxygen atoms in total. The highest BCUT2D eigenvalue weighted by Crippen LogP contribution is 2.38. The molecule has 2 aromatic heterocycles. The highest BCUT2D eigenvalue weighted by molar-refractivity contribution is 7.07. The molecule has 0 spiro atoms. The number of ether oxygens (including phenoxy) is 3. The molecule has 0 unspecified atom stereocenters. The summed E-state index contributed by atoms with van der Waals surface area (Å²) in [5.41, 5.74) is 1.84. The predicted molar refractivity (Wildman–Crippen MR) is 165 cm³/mol. The van der Waals surface area contributed by atoms with Crippen molar-refractivity contribution in [3.63, 3.8) is 0 Å². The van der Waals surface area contributed by atoms with E-state index in [1.165, 1.54) is 17.8 Å². The van der Waals surface area contributed by atoms with Crippen molar-refractivity contribution in [2.75, 3.05) is 38.8 Å². The van der Waals surface area contributed by atoms with Crippen LogP contribution in [0.25, 0.3) is 11.8 Å². The number of piperidine rings is 1. The van der Waals surface area contributed by atoms with Crippen LogP contribution in [0.5, 0.6) is 11.5 Å². The van der Waals surface area contributed by atoms with Crippen LogP contribution >= 0.6 is 11.3 Å². The van der Waals surface area contributed by atoms with Gasteiger partial charge in [0.15, 0.2) is 22.2 Å². The number of hydrogen-bond donors (Lipinski definition) is 0. The van der Waals surface area contributed by atoms with Gasteiger partial charge >= 0.3 is 5.97 Å². The summed E-state index contributed by atoms with van der Waals surface area (Å²) in [4.78, 5) is 35.4. The zero-order chi connectivity index (χ0) is 29.9. The monoisotopic (exact) mass is 599 g/mol. The summed E-state index contributed by atoms with van der Waals surface area (Å²) in [6.45, 7) is 3.84. The summed E-state index contributed by atoms with van der Waals surface area (Å²) in [7, 11) is 3.11. The molecule has 43 heavy (non-hydrogen) atoms. The van der Waals surface area contributed by atoms with E-state index in [1.54, 1.807) is 43.9 Å². The van der Waals surface area contributed by atoms with Crippen molar-refractivity contribution in [2.24, 2.45) is 4.99 Å². The van der Waals surface area contributed by atoms with E-state index in [2.05, 4.69) is 4.90 Å². The van der Waals surface area contributed by atoms with Crippen LogP contribution in [0.2, 0.25) is 0 Å². The van der Waals surface area contributed by atoms with E-state index >= 15 is 0 Å². The Balaban J connectivity index is 1.56. The Morgan fingerprint density at radius 1 is 1.02 bits per heavy atom. The molecular formula is C33H33N3O6S. The highest BCUT2D eigenvalue weighted by atomic mass is 32.1. The summed E-state index contributed by atoms with van der Waals surface area (Å²) in [6, 6.07) is 17.8. The van der Waals surface area contributed by atoms with Gasteiger partial charge in [-0.05, 0) is 49.9 Å². The van der Waals surface area contributed by atoms with E-state index in [9.17, 15) is 9.59 Å². The average Bonchev–Trinajstić information content (AvgIpc) is 3.64. The first-order valence-corrected chi connectivity index (χ1v) is 15.2. The van der Waals surface area contributed by atoms with Gasteiger partial charge in [0.1, 0.15) is 5.76 Å². The van der Waals surface area contributed by atoms with Gasteiger partial charge in [-0.1, -0.05) is 47.7 Å². The number of furan rings is 1. The molecule has 2 aromatic carbocycles. The fourth-order valence-corrected chi connectivity index (χ4v) is 6.59. The summed E-state index contributed by atoms with van der Waals surface area (Å²) in [6.07, 6.45) is 5.25. The fraction of sp³-hybridized carbons (Fsp3) is 0.303. The van der Waals surface area contributed by atoms with Crippen LogP contribution in [0, 0.1) is 0 Å². The van der Waals surface area contributed by atoms with Gasteiger partial charge in [-0.25, -0.2) is 9.79 Å². The third-order valence-electron chi connectivity index (χ3n) is 7.65. The minimum absolute atomic E-state index is 0.172. The second kappa shape index (κ2) is 12.3. The normalized spacial score (nSPS) is 17.0. The number of carbonyl (C=O) groups is 1. The standard InChI is InChI=1S/C33H33N3O6S/c1-4-41-32(38)28-29(21-11-7-5-8-12-21)34-33-36(30(28)22-13-15-24(39-2)25(19-22)40-3)31(37)26(43-33)20-23-14-16-27(42-23)35-17-9-6-10-18-35/h5,7-8,11-16,19-20,30H,4,6,9-10,17-18H2,1-3H3/b26-20-/t30-/m0/s1. The third-order valence-corrected chi connectivity index (χ3v) is 8.63. The number of aromatic nitrogens is 1. The molecule has 0 radical (unpaired) electrons. The van der Waals surface area contributed by atoms with Crippen LogP contribution in [0.3, 0.4) is 0 Å². The zero-order valence-electron chi connectivity index (χ0n) is 24.4. The Labute approximate surface area is 253 Å². The first-order chi connectivity index (χ1) is 21.0. The van der Waals surface area contributed by atoms with Crippen LogP contribution in [0.15, 0.2) is 80.4 Å². The predicted octanol–water partition coefficient (Wildman–Crippen LogP) is 4.54. The second-order valence-electron chi connectivity index (χ2n) is 10.3. The smallest absolute Gasteiger partial charge is 0.338 e. The van der Waals surface area contributed by atoms with Crippen LogP contribution in [-0.2, 0) is 9.53 Å². The molecule has 0 saturated carbocycles. The second-order valence-corrected chi connectivity index (χ2v) is 11.3. The summed E-state index contributed by atoms with van der Waals surface area (Å²) in [5.74, 6) is 1.85. The molecule has 4 aromatic rings. The lowest BCUT2D eigenvalue weighted by atomic mass is 9.93. The SMILES string of the molecule is CCOC(=O)C1=C(c2ccccc2)N=c2s/c(=C\c3ccc(N4CCCCC4)o3)c(=O)n2[C@H]1c1ccc(OC)c(OC)c1. The highest BCUT2D eigenvalue weighted by Gasteiger charge is 2.35. The molecule has 1 fully saturated rings. The number of thiazole rings is 1. The van der Waals surface area contributed by atoms with Crippen molar-refractivity contribution in [3.05, 3.63) is 103 Å². The Morgan fingerprint density at radius 2 is 1.79 bits per heavy atom. The molecule has 1 atom stereocenters. The molecule has 0 bridgehead atoms. The number of fused-ring (bicyclic) bond motifs is 1. The van der Waals surface area contributed by atoms with Crippen LogP contribution in [-0.4, -0.2) is 44.5 Å². The molecule has 4 heterocycles. The van der Waals surface area contributed by atoms with Gasteiger partial charge in [-0.15, -0.1) is 0 Å². The van der Waals surface area contributed by atoms with Gasteiger partial charge in [0.25, 0.3) is 5.56 Å². The number of anilines is 1. The molecule has 2 aliphatic rings. The zero-order valence-corrected chi connectivity index (χ0v) is 25.2. The van der Waals surface area contributed by atoms with Gasteiger partial charge in [0, 0.05) is 30.8 Å². The quantitative estimate of drug-likeness (QED) is 0.275. The van der Waals surface area contributed by atoms with Gasteiger partial charge in [-0.3, -0.25) is 9.36 Å².